The van der Waals surface area contributed by atoms with E-state index in [1.165, 1.54) is 30.5 Å². The molecule has 0 saturated heterocycles. The van der Waals surface area contributed by atoms with Crippen molar-refractivity contribution in [3.63, 3.8) is 0 Å². The van der Waals surface area contributed by atoms with Gasteiger partial charge in [0.05, 0.1) is 0 Å². The highest BCUT2D eigenvalue weighted by molar-refractivity contribution is 5.29. The van der Waals surface area contributed by atoms with Crippen LogP contribution in [-0.2, 0) is 13.2 Å². The smallest absolute Gasteiger partial charge is 0.123 e. The minimum absolute atomic E-state index is 0.228. The van der Waals surface area contributed by atoms with Crippen molar-refractivity contribution in [2.24, 2.45) is 0 Å². The van der Waals surface area contributed by atoms with Crippen LogP contribution < -0.4 is 10.1 Å². The summed E-state index contributed by atoms with van der Waals surface area (Å²) in [6, 6.07) is 15.2. The molecular weight excluding hydrogens is 253 g/mol. The van der Waals surface area contributed by atoms with Crippen LogP contribution in [0.25, 0.3) is 0 Å². The van der Waals surface area contributed by atoms with Crippen molar-refractivity contribution in [1.29, 1.82) is 0 Å². The van der Waals surface area contributed by atoms with Gasteiger partial charge in [-0.1, -0.05) is 24.3 Å². The van der Waals surface area contributed by atoms with Gasteiger partial charge in [-0.15, -0.1) is 0 Å². The first-order chi connectivity index (χ1) is 9.79. The van der Waals surface area contributed by atoms with Crippen LogP contribution in [-0.4, -0.2) is 6.04 Å². The van der Waals surface area contributed by atoms with Crippen molar-refractivity contribution in [3.8, 4) is 5.75 Å². The Kier molecular flexibility index (Phi) is 3.97. The minimum atomic E-state index is -0.228. The van der Waals surface area contributed by atoms with Crippen molar-refractivity contribution >= 4 is 0 Å². The van der Waals surface area contributed by atoms with E-state index in [2.05, 4.69) is 11.4 Å². The topological polar surface area (TPSA) is 21.3 Å². The van der Waals surface area contributed by atoms with E-state index in [-0.39, 0.29) is 5.82 Å². The third-order valence-electron chi connectivity index (χ3n) is 3.37. The van der Waals surface area contributed by atoms with Crippen LogP contribution in [0.15, 0.2) is 48.5 Å². The summed E-state index contributed by atoms with van der Waals surface area (Å²) in [6.45, 7) is 1.26. The molecule has 0 aliphatic heterocycles. The maximum atomic E-state index is 13.1. The first-order valence-corrected chi connectivity index (χ1v) is 6.99. The molecule has 0 unspecified atom stereocenters. The van der Waals surface area contributed by atoms with Crippen LogP contribution in [0.5, 0.6) is 5.75 Å². The quantitative estimate of drug-likeness (QED) is 0.865. The van der Waals surface area contributed by atoms with Crippen LogP contribution >= 0.6 is 0 Å². The summed E-state index contributed by atoms with van der Waals surface area (Å²) < 4.78 is 18.8. The monoisotopic (exact) mass is 271 g/mol. The highest BCUT2D eigenvalue weighted by Crippen LogP contribution is 2.20. The Morgan fingerprint density at radius 1 is 1.05 bits per heavy atom. The maximum Gasteiger partial charge on any atom is 0.123 e. The number of rotatable bonds is 6. The third-order valence-corrected chi connectivity index (χ3v) is 3.37. The van der Waals surface area contributed by atoms with E-state index in [0.29, 0.717) is 12.6 Å². The third kappa shape index (κ3) is 3.81. The Bertz CT molecular complexity index is 581. The number of hydrogen-bond donors (Lipinski definition) is 1. The normalized spacial score (nSPS) is 14.2. The van der Waals surface area contributed by atoms with Crippen molar-refractivity contribution in [1.82, 2.24) is 5.32 Å². The lowest BCUT2D eigenvalue weighted by Gasteiger charge is -2.09. The number of hydrogen-bond acceptors (Lipinski definition) is 2. The van der Waals surface area contributed by atoms with E-state index in [9.17, 15) is 4.39 Å². The predicted octanol–water partition coefficient (Wildman–Crippen LogP) is 3.66. The Morgan fingerprint density at radius 2 is 1.85 bits per heavy atom. The van der Waals surface area contributed by atoms with Crippen LogP contribution in [0.2, 0.25) is 0 Å². The van der Waals surface area contributed by atoms with E-state index in [4.69, 9.17) is 4.74 Å². The Balaban J connectivity index is 1.57. The fourth-order valence-electron chi connectivity index (χ4n) is 2.09. The molecule has 0 amide bonds. The van der Waals surface area contributed by atoms with Crippen LogP contribution in [0.1, 0.15) is 24.0 Å². The highest BCUT2D eigenvalue weighted by Gasteiger charge is 2.19. The van der Waals surface area contributed by atoms with Crippen molar-refractivity contribution in [2.45, 2.75) is 32.0 Å². The molecule has 0 aromatic heterocycles. The predicted molar refractivity (Wildman–Crippen MR) is 77.0 cm³/mol. The summed E-state index contributed by atoms with van der Waals surface area (Å²) in [5.74, 6) is 0.595. The summed E-state index contributed by atoms with van der Waals surface area (Å²) in [7, 11) is 0. The van der Waals surface area contributed by atoms with E-state index >= 15 is 0 Å². The molecule has 2 aromatic carbocycles. The molecule has 1 N–H and O–H groups in total. The lowest BCUT2D eigenvalue weighted by molar-refractivity contribution is 0.305. The largest absolute Gasteiger partial charge is 0.489 e. The summed E-state index contributed by atoms with van der Waals surface area (Å²) in [6.07, 6.45) is 2.57. The highest BCUT2D eigenvalue weighted by atomic mass is 19.1. The summed E-state index contributed by atoms with van der Waals surface area (Å²) in [5, 5.41) is 3.48. The fraction of sp³-hybridized carbons (Fsp3) is 0.294. The van der Waals surface area contributed by atoms with Crippen LogP contribution in [0, 0.1) is 5.82 Å². The zero-order valence-electron chi connectivity index (χ0n) is 11.3. The Hall–Kier alpha value is -1.87. The van der Waals surface area contributed by atoms with E-state index in [0.717, 1.165) is 17.9 Å². The molecule has 1 aliphatic carbocycles. The van der Waals surface area contributed by atoms with Crippen molar-refractivity contribution in [2.75, 3.05) is 0 Å². The number of nitrogens with one attached hydrogen (secondary N) is 1. The average molecular weight is 271 g/mol. The Morgan fingerprint density at radius 3 is 2.65 bits per heavy atom. The zero-order chi connectivity index (χ0) is 13.8. The maximum absolute atomic E-state index is 13.1. The van der Waals surface area contributed by atoms with Gasteiger partial charge in [-0.05, 0) is 48.2 Å². The first kappa shape index (κ1) is 13.1. The molecule has 0 radical (unpaired) electrons. The molecule has 1 saturated carbocycles. The van der Waals surface area contributed by atoms with Gasteiger partial charge in [-0.3, -0.25) is 0 Å². The number of halogens is 1. The van der Waals surface area contributed by atoms with Crippen LogP contribution in [0.4, 0.5) is 4.39 Å². The van der Waals surface area contributed by atoms with Gasteiger partial charge in [-0.2, -0.15) is 0 Å². The zero-order valence-corrected chi connectivity index (χ0v) is 11.3. The van der Waals surface area contributed by atoms with E-state index in [1.54, 1.807) is 6.07 Å². The number of ether oxygens (including phenoxy) is 1. The van der Waals surface area contributed by atoms with Gasteiger partial charge < -0.3 is 10.1 Å². The minimum Gasteiger partial charge on any atom is -0.489 e. The van der Waals surface area contributed by atoms with Crippen LogP contribution in [0.3, 0.4) is 0 Å². The van der Waals surface area contributed by atoms with Gasteiger partial charge in [-0.25, -0.2) is 4.39 Å². The molecule has 2 nitrogen and oxygen atoms in total. The van der Waals surface area contributed by atoms with Gasteiger partial charge in [0.2, 0.25) is 0 Å². The van der Waals surface area contributed by atoms with E-state index in [1.807, 2.05) is 24.3 Å². The van der Waals surface area contributed by atoms with Gasteiger partial charge in [0.1, 0.15) is 18.2 Å². The molecule has 104 valence electrons. The second-order valence-corrected chi connectivity index (χ2v) is 5.22. The molecule has 3 heteroatoms. The molecule has 20 heavy (non-hydrogen) atoms. The van der Waals surface area contributed by atoms with Gasteiger partial charge in [0, 0.05) is 12.6 Å². The second kappa shape index (κ2) is 6.06. The average Bonchev–Trinajstić information content (AvgIpc) is 3.28. The molecule has 1 fully saturated rings. The molecule has 2 aromatic rings. The Labute approximate surface area is 118 Å². The number of benzene rings is 2. The first-order valence-electron chi connectivity index (χ1n) is 6.99. The van der Waals surface area contributed by atoms with E-state index < -0.39 is 0 Å². The summed E-state index contributed by atoms with van der Waals surface area (Å²) >= 11 is 0. The van der Waals surface area contributed by atoms with Crippen molar-refractivity contribution < 1.29 is 9.13 Å². The lowest BCUT2D eigenvalue weighted by atomic mass is 10.2. The fourth-order valence-corrected chi connectivity index (χ4v) is 2.09. The lowest BCUT2D eigenvalue weighted by Crippen LogP contribution is -2.15. The SMILES string of the molecule is Fc1cccc(COc2cccc(CNC3CC3)c2)c1. The molecule has 0 heterocycles. The standard InChI is InChI=1S/C17H18FNO/c18-15-5-1-4-14(9-15)12-20-17-6-2-3-13(10-17)11-19-16-7-8-16/h1-6,9-10,16,19H,7-8,11-12H2. The van der Waals surface area contributed by atoms with Gasteiger partial charge in [0.25, 0.3) is 0 Å². The molecule has 1 aliphatic rings. The summed E-state index contributed by atoms with van der Waals surface area (Å²) in [4.78, 5) is 0. The molecule has 0 atom stereocenters. The molecule has 0 spiro atoms. The molecule has 0 bridgehead atoms. The second-order valence-electron chi connectivity index (χ2n) is 5.22. The van der Waals surface area contributed by atoms with Gasteiger partial charge >= 0.3 is 0 Å². The van der Waals surface area contributed by atoms with Gasteiger partial charge in [0.15, 0.2) is 0 Å². The summed E-state index contributed by atoms with van der Waals surface area (Å²) in [5.41, 5.74) is 2.06. The molecular formula is C17H18FNO. The van der Waals surface area contributed by atoms with Crippen molar-refractivity contribution in [3.05, 3.63) is 65.5 Å². The molecule has 3 rings (SSSR count).